The van der Waals surface area contributed by atoms with E-state index in [2.05, 4.69) is 0 Å². The standard InChI is InChI=1S/C16H20F2O/c1-19-16-13(8-9-14(17)15(16)18)12-7-6-10-4-2-3-5-11(10)12/h8-12H,2-7H2,1H3. The van der Waals surface area contributed by atoms with Crippen molar-refractivity contribution in [2.75, 3.05) is 7.11 Å². The Kier molecular flexibility index (Phi) is 3.46. The quantitative estimate of drug-likeness (QED) is 0.756. The fraction of sp³-hybridized carbons (Fsp3) is 0.625. The van der Waals surface area contributed by atoms with Crippen LogP contribution in [0.3, 0.4) is 0 Å². The van der Waals surface area contributed by atoms with E-state index in [1.807, 2.05) is 0 Å². The van der Waals surface area contributed by atoms with Gasteiger partial charge in [0.25, 0.3) is 0 Å². The van der Waals surface area contributed by atoms with E-state index in [-0.39, 0.29) is 5.75 Å². The van der Waals surface area contributed by atoms with Gasteiger partial charge in [-0.05, 0) is 43.1 Å². The number of fused-ring (bicyclic) bond motifs is 1. The van der Waals surface area contributed by atoms with Crippen LogP contribution in [-0.4, -0.2) is 7.11 Å². The van der Waals surface area contributed by atoms with Crippen LogP contribution in [0.1, 0.15) is 50.0 Å². The van der Waals surface area contributed by atoms with E-state index in [0.717, 1.165) is 17.9 Å². The van der Waals surface area contributed by atoms with E-state index in [4.69, 9.17) is 4.74 Å². The van der Waals surface area contributed by atoms with Crippen LogP contribution < -0.4 is 4.74 Å². The molecule has 0 saturated heterocycles. The van der Waals surface area contributed by atoms with Gasteiger partial charge in [0.1, 0.15) is 0 Å². The van der Waals surface area contributed by atoms with Crippen molar-refractivity contribution < 1.29 is 13.5 Å². The van der Waals surface area contributed by atoms with Crippen molar-refractivity contribution in [3.8, 4) is 5.75 Å². The first-order valence-electron chi connectivity index (χ1n) is 7.24. The Hall–Kier alpha value is -1.12. The van der Waals surface area contributed by atoms with E-state index in [9.17, 15) is 8.78 Å². The van der Waals surface area contributed by atoms with Crippen LogP contribution in [0.4, 0.5) is 8.78 Å². The third-order valence-electron chi connectivity index (χ3n) is 5.02. The number of halogens is 2. The fourth-order valence-electron chi connectivity index (χ4n) is 4.16. The predicted molar refractivity (Wildman–Crippen MR) is 70.3 cm³/mol. The minimum absolute atomic E-state index is 0.122. The van der Waals surface area contributed by atoms with Gasteiger partial charge in [0, 0.05) is 5.56 Å². The third-order valence-corrected chi connectivity index (χ3v) is 5.02. The molecule has 3 unspecified atom stereocenters. The maximum atomic E-state index is 13.8. The smallest absolute Gasteiger partial charge is 0.200 e. The molecule has 2 aliphatic rings. The van der Waals surface area contributed by atoms with Gasteiger partial charge < -0.3 is 4.74 Å². The van der Waals surface area contributed by atoms with Crippen LogP contribution in [0.5, 0.6) is 5.75 Å². The predicted octanol–water partition coefficient (Wildman–Crippen LogP) is 4.66. The van der Waals surface area contributed by atoms with Crippen LogP contribution in [0, 0.1) is 23.5 Å². The highest BCUT2D eigenvalue weighted by Gasteiger charge is 2.39. The number of hydrogen-bond donors (Lipinski definition) is 0. The topological polar surface area (TPSA) is 9.23 Å². The largest absolute Gasteiger partial charge is 0.493 e. The molecule has 1 aromatic carbocycles. The summed E-state index contributed by atoms with van der Waals surface area (Å²) < 4.78 is 32.3. The van der Waals surface area contributed by atoms with E-state index in [1.165, 1.54) is 45.3 Å². The first-order valence-corrected chi connectivity index (χ1v) is 7.24. The van der Waals surface area contributed by atoms with Gasteiger partial charge in [-0.25, -0.2) is 4.39 Å². The zero-order valence-corrected chi connectivity index (χ0v) is 11.3. The lowest BCUT2D eigenvalue weighted by atomic mass is 9.76. The Bertz CT molecular complexity index is 472. The molecule has 1 nitrogen and oxygen atoms in total. The van der Waals surface area contributed by atoms with Crippen LogP contribution in [-0.2, 0) is 0 Å². The highest BCUT2D eigenvalue weighted by atomic mass is 19.2. The minimum Gasteiger partial charge on any atom is -0.493 e. The molecule has 2 saturated carbocycles. The molecule has 104 valence electrons. The Morgan fingerprint density at radius 2 is 1.84 bits per heavy atom. The second kappa shape index (κ2) is 5.10. The Balaban J connectivity index is 1.96. The molecular formula is C16H20F2O. The average molecular weight is 266 g/mol. The van der Waals surface area contributed by atoms with Crippen LogP contribution in [0.2, 0.25) is 0 Å². The van der Waals surface area contributed by atoms with Crippen LogP contribution in [0.25, 0.3) is 0 Å². The highest BCUT2D eigenvalue weighted by Crippen LogP contribution is 2.52. The number of ether oxygens (including phenoxy) is 1. The molecule has 2 fully saturated rings. The van der Waals surface area contributed by atoms with Gasteiger partial charge in [-0.2, -0.15) is 4.39 Å². The SMILES string of the molecule is COc1c(C2CCC3CCCCC32)ccc(F)c1F. The first-order chi connectivity index (χ1) is 9.22. The number of rotatable bonds is 2. The zero-order valence-electron chi connectivity index (χ0n) is 11.3. The zero-order chi connectivity index (χ0) is 13.4. The minimum atomic E-state index is -0.834. The van der Waals surface area contributed by atoms with Gasteiger partial charge in [-0.3, -0.25) is 0 Å². The lowest BCUT2D eigenvalue weighted by Gasteiger charge is -2.30. The van der Waals surface area contributed by atoms with Crippen molar-refractivity contribution in [1.82, 2.24) is 0 Å². The summed E-state index contributed by atoms with van der Waals surface area (Å²) in [6.07, 6.45) is 7.41. The summed E-state index contributed by atoms with van der Waals surface area (Å²) in [5.41, 5.74) is 0.871. The molecule has 0 radical (unpaired) electrons. The van der Waals surface area contributed by atoms with Gasteiger partial charge in [-0.1, -0.05) is 25.3 Å². The molecule has 0 N–H and O–H groups in total. The Labute approximate surface area is 113 Å². The van der Waals surface area contributed by atoms with Gasteiger partial charge in [-0.15, -0.1) is 0 Å². The van der Waals surface area contributed by atoms with Crippen molar-refractivity contribution in [2.45, 2.75) is 44.4 Å². The van der Waals surface area contributed by atoms with E-state index >= 15 is 0 Å². The summed E-state index contributed by atoms with van der Waals surface area (Å²) in [4.78, 5) is 0. The van der Waals surface area contributed by atoms with Crippen molar-refractivity contribution >= 4 is 0 Å². The number of hydrogen-bond acceptors (Lipinski definition) is 1. The average Bonchev–Trinajstić information content (AvgIpc) is 2.85. The molecule has 0 bridgehead atoms. The Morgan fingerprint density at radius 3 is 2.63 bits per heavy atom. The van der Waals surface area contributed by atoms with Crippen molar-refractivity contribution in [3.05, 3.63) is 29.3 Å². The molecule has 0 amide bonds. The molecule has 3 heteroatoms. The van der Waals surface area contributed by atoms with Crippen molar-refractivity contribution in [1.29, 1.82) is 0 Å². The monoisotopic (exact) mass is 266 g/mol. The summed E-state index contributed by atoms with van der Waals surface area (Å²) in [6, 6.07) is 2.96. The molecule has 1 aromatic rings. The van der Waals surface area contributed by atoms with E-state index < -0.39 is 11.6 Å². The summed E-state index contributed by atoms with van der Waals surface area (Å²) in [6.45, 7) is 0. The maximum absolute atomic E-state index is 13.8. The molecule has 2 aliphatic carbocycles. The van der Waals surface area contributed by atoms with E-state index in [1.54, 1.807) is 6.07 Å². The first kappa shape index (κ1) is 12.9. The molecule has 0 aliphatic heterocycles. The van der Waals surface area contributed by atoms with Crippen LogP contribution >= 0.6 is 0 Å². The highest BCUT2D eigenvalue weighted by molar-refractivity contribution is 5.39. The van der Waals surface area contributed by atoms with Gasteiger partial charge >= 0.3 is 0 Å². The Morgan fingerprint density at radius 1 is 1.05 bits per heavy atom. The van der Waals surface area contributed by atoms with Crippen LogP contribution in [0.15, 0.2) is 12.1 Å². The molecule has 0 spiro atoms. The molecular weight excluding hydrogens is 246 g/mol. The second-order valence-corrected chi connectivity index (χ2v) is 5.88. The number of benzene rings is 1. The van der Waals surface area contributed by atoms with Gasteiger partial charge in [0.15, 0.2) is 11.6 Å². The number of methoxy groups -OCH3 is 1. The molecule has 3 rings (SSSR count). The summed E-state index contributed by atoms with van der Waals surface area (Å²) >= 11 is 0. The fourth-order valence-corrected chi connectivity index (χ4v) is 4.16. The van der Waals surface area contributed by atoms with Crippen molar-refractivity contribution in [3.63, 3.8) is 0 Å². The summed E-state index contributed by atoms with van der Waals surface area (Å²) in [5, 5.41) is 0. The normalized spacial score (nSPS) is 30.2. The summed E-state index contributed by atoms with van der Waals surface area (Å²) in [7, 11) is 1.43. The maximum Gasteiger partial charge on any atom is 0.200 e. The molecule has 0 aromatic heterocycles. The molecule has 19 heavy (non-hydrogen) atoms. The molecule has 3 atom stereocenters. The molecule has 0 heterocycles. The van der Waals surface area contributed by atoms with Gasteiger partial charge in [0.05, 0.1) is 7.11 Å². The lowest BCUT2D eigenvalue weighted by Crippen LogP contribution is -2.18. The lowest BCUT2D eigenvalue weighted by molar-refractivity contribution is 0.256. The summed E-state index contributed by atoms with van der Waals surface area (Å²) in [5.74, 6) is 0.216. The third kappa shape index (κ3) is 2.13. The van der Waals surface area contributed by atoms with Gasteiger partial charge in [0.2, 0.25) is 5.82 Å². The van der Waals surface area contributed by atoms with E-state index in [0.29, 0.717) is 11.8 Å². The van der Waals surface area contributed by atoms with Crippen molar-refractivity contribution in [2.24, 2.45) is 11.8 Å². The second-order valence-electron chi connectivity index (χ2n) is 5.88.